The largest absolute Gasteiger partial charge is 0.313 e. The van der Waals surface area contributed by atoms with Gasteiger partial charge in [0.15, 0.2) is 0 Å². The molecule has 3 nitrogen and oxygen atoms in total. The Morgan fingerprint density at radius 2 is 2.06 bits per heavy atom. The number of aromatic nitrogens is 2. The van der Waals surface area contributed by atoms with E-state index in [1.54, 1.807) is 0 Å². The molecule has 0 saturated heterocycles. The second-order valence-corrected chi connectivity index (χ2v) is 4.59. The van der Waals surface area contributed by atoms with Gasteiger partial charge in [-0.2, -0.15) is 5.10 Å². The maximum atomic E-state index is 4.59. The van der Waals surface area contributed by atoms with Crippen molar-refractivity contribution in [3.05, 3.63) is 29.1 Å². The summed E-state index contributed by atoms with van der Waals surface area (Å²) >= 11 is 0. The molecule has 0 aliphatic heterocycles. The zero-order valence-electron chi connectivity index (χ0n) is 11.6. The molecule has 0 aliphatic rings. The van der Waals surface area contributed by atoms with Crippen LogP contribution >= 0.6 is 0 Å². The first-order valence-corrected chi connectivity index (χ1v) is 6.50. The number of aryl methyl sites for hydroxylation is 1. The molecule has 0 saturated carbocycles. The lowest BCUT2D eigenvalue weighted by Gasteiger charge is -2.07. The summed E-state index contributed by atoms with van der Waals surface area (Å²) in [5.74, 6) is 0. The van der Waals surface area contributed by atoms with Crippen molar-refractivity contribution in [1.29, 1.82) is 0 Å². The van der Waals surface area contributed by atoms with Crippen molar-refractivity contribution in [1.82, 2.24) is 15.1 Å². The fraction of sp³-hybridized carbons (Fsp3) is 0.643. The Morgan fingerprint density at radius 3 is 2.65 bits per heavy atom. The van der Waals surface area contributed by atoms with E-state index in [1.807, 2.05) is 0 Å². The third-order valence-electron chi connectivity index (χ3n) is 3.13. The van der Waals surface area contributed by atoms with Gasteiger partial charge in [-0.15, -0.1) is 0 Å². The lowest BCUT2D eigenvalue weighted by Crippen LogP contribution is -2.15. The van der Waals surface area contributed by atoms with Crippen LogP contribution in [0, 0.1) is 13.8 Å². The molecule has 1 aromatic rings. The molecule has 1 rings (SSSR count). The van der Waals surface area contributed by atoms with Gasteiger partial charge in [0.25, 0.3) is 0 Å². The van der Waals surface area contributed by atoms with Gasteiger partial charge in [-0.3, -0.25) is 4.68 Å². The van der Waals surface area contributed by atoms with E-state index in [0.29, 0.717) is 0 Å². The standard InChI is InChI=1S/C14H25N3/c1-6-8-15-9-14-12(4)16-17(13(14)5)10-11(3)7-2/h15H,3,6-10H2,1-2,4-5H3. The number of hydrogen-bond donors (Lipinski definition) is 1. The molecule has 96 valence electrons. The maximum Gasteiger partial charge on any atom is 0.0641 e. The van der Waals surface area contributed by atoms with Crippen LogP contribution in [0.5, 0.6) is 0 Å². The smallest absolute Gasteiger partial charge is 0.0641 e. The first-order valence-electron chi connectivity index (χ1n) is 6.50. The van der Waals surface area contributed by atoms with E-state index in [1.165, 1.54) is 23.3 Å². The zero-order valence-corrected chi connectivity index (χ0v) is 11.6. The molecule has 1 heterocycles. The maximum absolute atomic E-state index is 4.59. The summed E-state index contributed by atoms with van der Waals surface area (Å²) < 4.78 is 2.07. The molecule has 0 amide bonds. The van der Waals surface area contributed by atoms with E-state index in [2.05, 4.69) is 49.4 Å². The molecule has 0 atom stereocenters. The summed E-state index contributed by atoms with van der Waals surface area (Å²) in [6, 6.07) is 0. The van der Waals surface area contributed by atoms with Crippen LogP contribution in [-0.2, 0) is 13.1 Å². The third-order valence-corrected chi connectivity index (χ3v) is 3.13. The molecule has 17 heavy (non-hydrogen) atoms. The molecule has 0 fully saturated rings. The van der Waals surface area contributed by atoms with Crippen molar-refractivity contribution in [2.75, 3.05) is 6.54 Å². The van der Waals surface area contributed by atoms with Gasteiger partial charge in [-0.05, 0) is 33.2 Å². The molecular weight excluding hydrogens is 210 g/mol. The van der Waals surface area contributed by atoms with E-state index < -0.39 is 0 Å². The molecule has 1 N–H and O–H groups in total. The third kappa shape index (κ3) is 3.70. The second kappa shape index (κ2) is 6.60. The average Bonchev–Trinajstić information content (AvgIpc) is 2.56. The summed E-state index contributed by atoms with van der Waals surface area (Å²) in [6.07, 6.45) is 2.18. The summed E-state index contributed by atoms with van der Waals surface area (Å²) in [4.78, 5) is 0. The van der Waals surface area contributed by atoms with Gasteiger partial charge in [0, 0.05) is 17.8 Å². The minimum Gasteiger partial charge on any atom is -0.313 e. The number of allylic oxidation sites excluding steroid dienone is 1. The van der Waals surface area contributed by atoms with Crippen molar-refractivity contribution < 1.29 is 0 Å². The molecule has 0 aliphatic carbocycles. The van der Waals surface area contributed by atoms with Crippen molar-refractivity contribution in [2.24, 2.45) is 0 Å². The Morgan fingerprint density at radius 1 is 1.35 bits per heavy atom. The fourth-order valence-corrected chi connectivity index (χ4v) is 1.86. The van der Waals surface area contributed by atoms with Crippen LogP contribution < -0.4 is 5.32 Å². The Bertz CT molecular complexity index is 377. The van der Waals surface area contributed by atoms with E-state index >= 15 is 0 Å². The lowest BCUT2D eigenvalue weighted by molar-refractivity contribution is 0.635. The molecule has 0 aromatic carbocycles. The van der Waals surface area contributed by atoms with Gasteiger partial charge in [0.2, 0.25) is 0 Å². The normalized spacial score (nSPS) is 10.8. The highest BCUT2D eigenvalue weighted by atomic mass is 15.3. The van der Waals surface area contributed by atoms with Crippen molar-refractivity contribution >= 4 is 0 Å². The summed E-state index contributed by atoms with van der Waals surface area (Å²) in [7, 11) is 0. The Labute approximate surface area is 105 Å². The van der Waals surface area contributed by atoms with Crippen LogP contribution in [0.4, 0.5) is 0 Å². The molecule has 0 bridgehead atoms. The summed E-state index contributed by atoms with van der Waals surface area (Å²) in [5.41, 5.74) is 4.96. The summed E-state index contributed by atoms with van der Waals surface area (Å²) in [5, 5.41) is 8.03. The molecular formula is C14H25N3. The molecule has 0 radical (unpaired) electrons. The Hall–Kier alpha value is -1.09. The van der Waals surface area contributed by atoms with Crippen LogP contribution in [0.1, 0.15) is 43.6 Å². The van der Waals surface area contributed by atoms with Crippen LogP contribution in [0.2, 0.25) is 0 Å². The van der Waals surface area contributed by atoms with E-state index in [9.17, 15) is 0 Å². The van der Waals surface area contributed by atoms with Crippen LogP contribution in [0.25, 0.3) is 0 Å². The first-order chi connectivity index (χ1) is 8.10. The van der Waals surface area contributed by atoms with Crippen molar-refractivity contribution in [2.45, 2.75) is 53.6 Å². The van der Waals surface area contributed by atoms with Gasteiger partial charge in [0.05, 0.1) is 12.2 Å². The molecule has 3 heteroatoms. The van der Waals surface area contributed by atoms with Crippen LogP contribution in [0.15, 0.2) is 12.2 Å². The lowest BCUT2D eigenvalue weighted by atomic mass is 10.2. The van der Waals surface area contributed by atoms with Crippen LogP contribution in [0.3, 0.4) is 0 Å². The van der Waals surface area contributed by atoms with E-state index in [0.717, 1.165) is 31.7 Å². The minimum absolute atomic E-state index is 0.844. The minimum atomic E-state index is 0.844. The highest BCUT2D eigenvalue weighted by Crippen LogP contribution is 2.14. The van der Waals surface area contributed by atoms with E-state index in [-0.39, 0.29) is 0 Å². The predicted octanol–water partition coefficient (Wildman–Crippen LogP) is 2.97. The quantitative estimate of drug-likeness (QED) is 0.581. The number of hydrogen-bond acceptors (Lipinski definition) is 2. The van der Waals surface area contributed by atoms with Crippen molar-refractivity contribution in [3.63, 3.8) is 0 Å². The van der Waals surface area contributed by atoms with Gasteiger partial charge < -0.3 is 5.32 Å². The average molecular weight is 235 g/mol. The van der Waals surface area contributed by atoms with E-state index in [4.69, 9.17) is 0 Å². The van der Waals surface area contributed by atoms with Crippen molar-refractivity contribution in [3.8, 4) is 0 Å². The Kier molecular flexibility index (Phi) is 5.42. The monoisotopic (exact) mass is 235 g/mol. The number of nitrogens with one attached hydrogen (secondary N) is 1. The molecule has 0 spiro atoms. The first kappa shape index (κ1) is 14.0. The Balaban J connectivity index is 2.75. The van der Waals surface area contributed by atoms with Gasteiger partial charge in [-0.1, -0.05) is 26.0 Å². The number of rotatable bonds is 7. The molecule has 0 unspecified atom stereocenters. The van der Waals surface area contributed by atoms with Gasteiger partial charge >= 0.3 is 0 Å². The highest BCUT2D eigenvalue weighted by Gasteiger charge is 2.10. The second-order valence-electron chi connectivity index (χ2n) is 4.59. The van der Waals surface area contributed by atoms with Gasteiger partial charge in [0.1, 0.15) is 0 Å². The zero-order chi connectivity index (χ0) is 12.8. The predicted molar refractivity (Wildman–Crippen MR) is 73.1 cm³/mol. The topological polar surface area (TPSA) is 29.9 Å². The van der Waals surface area contributed by atoms with Crippen LogP contribution in [-0.4, -0.2) is 16.3 Å². The SMILES string of the molecule is C=C(CC)Cn1nc(C)c(CNCCC)c1C. The molecule has 1 aromatic heterocycles. The number of nitrogens with zero attached hydrogens (tertiary/aromatic N) is 2. The highest BCUT2D eigenvalue weighted by molar-refractivity contribution is 5.24. The van der Waals surface area contributed by atoms with Gasteiger partial charge in [-0.25, -0.2) is 0 Å². The summed E-state index contributed by atoms with van der Waals surface area (Å²) in [6.45, 7) is 15.4. The fourth-order valence-electron chi connectivity index (χ4n) is 1.86.